The fraction of sp³-hybridized carbons (Fsp3) is 0.417. The van der Waals surface area contributed by atoms with Gasteiger partial charge in [0.15, 0.2) is 0 Å². The number of aliphatic hydroxyl groups is 1. The zero-order chi connectivity index (χ0) is 32.1. The van der Waals surface area contributed by atoms with Crippen LogP contribution in [0.4, 0.5) is 0 Å². The number of rotatable bonds is 10. The minimum Gasteiger partial charge on any atom is -0.457 e. The molecule has 2 aliphatic rings. The number of aliphatic hydroxyl groups excluding tert-OH is 1. The van der Waals surface area contributed by atoms with Gasteiger partial charge in [-0.3, -0.25) is 19.3 Å². The van der Waals surface area contributed by atoms with E-state index in [1.54, 1.807) is 36.2 Å². The quantitative estimate of drug-likeness (QED) is 0.283. The van der Waals surface area contributed by atoms with Gasteiger partial charge in [-0.2, -0.15) is 0 Å². The number of halogens is 1. The summed E-state index contributed by atoms with van der Waals surface area (Å²) in [6.07, 6.45) is 1.65. The van der Waals surface area contributed by atoms with E-state index in [1.165, 1.54) is 0 Å². The average molecular weight is 649 g/mol. The number of carbonyl (C=O) groups excluding carboxylic acids is 3. The second kappa shape index (κ2) is 15.1. The lowest BCUT2D eigenvalue weighted by atomic mass is 9.80. The molecule has 1 spiro atoms. The molecule has 0 aliphatic carbocycles. The molecule has 2 aliphatic heterocycles. The van der Waals surface area contributed by atoms with E-state index >= 15 is 0 Å². The van der Waals surface area contributed by atoms with Crippen molar-refractivity contribution in [2.45, 2.75) is 70.7 Å². The van der Waals surface area contributed by atoms with Gasteiger partial charge in [0, 0.05) is 38.8 Å². The van der Waals surface area contributed by atoms with Crippen molar-refractivity contribution in [1.82, 2.24) is 20.4 Å². The second-order valence-corrected chi connectivity index (χ2v) is 12.2. The van der Waals surface area contributed by atoms with Crippen LogP contribution in [0, 0.1) is 13.8 Å². The summed E-state index contributed by atoms with van der Waals surface area (Å²) in [7, 11) is 1.60. The first kappa shape index (κ1) is 34.9. The van der Waals surface area contributed by atoms with Crippen molar-refractivity contribution in [2.75, 3.05) is 26.7 Å². The van der Waals surface area contributed by atoms with Crippen molar-refractivity contribution in [3.05, 3.63) is 94.5 Å². The Kier molecular flexibility index (Phi) is 11.5. The number of nitrogens with zero attached hydrogens (tertiary/aromatic N) is 2. The number of hydrogen-bond acceptors (Lipinski definition) is 6. The van der Waals surface area contributed by atoms with Crippen molar-refractivity contribution in [2.24, 2.45) is 0 Å². The minimum atomic E-state index is -1.11. The van der Waals surface area contributed by atoms with Gasteiger partial charge in [-0.1, -0.05) is 43.7 Å². The van der Waals surface area contributed by atoms with E-state index in [2.05, 4.69) is 22.5 Å². The molecular weight excluding hydrogens is 604 g/mol. The average Bonchev–Trinajstić information content (AvgIpc) is 3.04. The van der Waals surface area contributed by atoms with E-state index in [9.17, 15) is 19.5 Å². The fourth-order valence-electron chi connectivity index (χ4n) is 6.61. The first-order valence-electron chi connectivity index (χ1n) is 15.8. The number of hydrogen-bond donors (Lipinski definition) is 3. The van der Waals surface area contributed by atoms with Crippen molar-refractivity contribution in [3.8, 4) is 11.5 Å². The molecule has 0 radical (unpaired) electrons. The number of piperidine rings is 1. The molecule has 0 unspecified atom stereocenters. The van der Waals surface area contributed by atoms with Gasteiger partial charge in [0.1, 0.15) is 29.2 Å². The molecule has 46 heavy (non-hydrogen) atoms. The molecule has 3 aromatic rings. The van der Waals surface area contributed by atoms with Crippen LogP contribution in [0.5, 0.6) is 11.5 Å². The Morgan fingerprint density at radius 1 is 1.00 bits per heavy atom. The molecule has 9 nitrogen and oxygen atoms in total. The molecule has 3 N–H and O–H groups in total. The summed E-state index contributed by atoms with van der Waals surface area (Å²) in [5, 5.41) is 16.9. The number of nitrogens with one attached hydrogen (secondary N) is 2. The lowest BCUT2D eigenvalue weighted by Gasteiger charge is -2.52. The molecule has 0 bridgehead atoms. The maximum atomic E-state index is 14.0. The van der Waals surface area contributed by atoms with Crippen molar-refractivity contribution in [1.29, 1.82) is 0 Å². The number of likely N-dealkylation sites (tertiary alicyclic amines) is 1. The van der Waals surface area contributed by atoms with Gasteiger partial charge in [-0.15, -0.1) is 12.4 Å². The van der Waals surface area contributed by atoms with Crippen LogP contribution in [-0.2, 0) is 16.1 Å². The van der Waals surface area contributed by atoms with Gasteiger partial charge < -0.3 is 25.4 Å². The Morgan fingerprint density at radius 2 is 1.59 bits per heavy atom. The van der Waals surface area contributed by atoms with E-state index < -0.39 is 17.7 Å². The number of ether oxygens (including phenoxy) is 1. The summed E-state index contributed by atoms with van der Waals surface area (Å²) in [6.45, 7) is 8.46. The van der Waals surface area contributed by atoms with Crippen molar-refractivity contribution in [3.63, 3.8) is 0 Å². The van der Waals surface area contributed by atoms with Crippen LogP contribution in [0.1, 0.15) is 71.3 Å². The molecule has 0 aromatic heterocycles. The Bertz CT molecular complexity index is 1500. The third-order valence-electron chi connectivity index (χ3n) is 9.24. The molecule has 3 amide bonds. The van der Waals surface area contributed by atoms with Crippen molar-refractivity contribution >= 4 is 30.1 Å². The van der Waals surface area contributed by atoms with E-state index in [0.29, 0.717) is 55.1 Å². The van der Waals surface area contributed by atoms with E-state index in [-0.39, 0.29) is 30.1 Å². The number of carbonyl (C=O) groups is 3. The minimum absolute atomic E-state index is 0. The molecule has 3 aromatic carbocycles. The van der Waals surface area contributed by atoms with Gasteiger partial charge >= 0.3 is 0 Å². The summed E-state index contributed by atoms with van der Waals surface area (Å²) in [4.78, 5) is 43.7. The first-order valence-corrected chi connectivity index (χ1v) is 15.8. The molecule has 2 atom stereocenters. The Balaban J connectivity index is 0.00000480. The molecule has 10 heteroatoms. The van der Waals surface area contributed by atoms with Crippen LogP contribution < -0.4 is 15.4 Å². The summed E-state index contributed by atoms with van der Waals surface area (Å²) in [5.74, 6) is 0.831. The number of amides is 3. The van der Waals surface area contributed by atoms with Crippen LogP contribution in [0.25, 0.3) is 0 Å². The summed E-state index contributed by atoms with van der Waals surface area (Å²) in [5.41, 5.74) is 3.28. The van der Waals surface area contributed by atoms with E-state index in [1.807, 2.05) is 56.3 Å². The summed E-state index contributed by atoms with van der Waals surface area (Å²) < 4.78 is 5.95. The lowest BCUT2D eigenvalue weighted by Crippen LogP contribution is -2.73. The topological polar surface area (TPSA) is 111 Å². The zero-order valence-electron chi connectivity index (χ0n) is 27.0. The van der Waals surface area contributed by atoms with Gasteiger partial charge in [-0.05, 0) is 91.8 Å². The van der Waals surface area contributed by atoms with Crippen LogP contribution in [0.3, 0.4) is 0 Å². The monoisotopic (exact) mass is 648 g/mol. The lowest BCUT2D eigenvalue weighted by molar-refractivity contribution is -0.164. The van der Waals surface area contributed by atoms with Crippen LogP contribution in [-0.4, -0.2) is 70.9 Å². The maximum Gasteiger partial charge on any atom is 0.251 e. The SMILES string of the molecule is CCCCN1C(=O)[C@@H]([C@H](O)c2c(C)cccc2C)NC(=O)C12CCN(Cc1ccc(Oc3ccc(C(=O)NC)cc3)cc1)CC2.Cl. The number of piperazine rings is 1. The van der Waals surface area contributed by atoms with Crippen molar-refractivity contribution < 1.29 is 24.2 Å². The van der Waals surface area contributed by atoms with Crippen LogP contribution in [0.2, 0.25) is 0 Å². The Morgan fingerprint density at radius 3 is 2.15 bits per heavy atom. The maximum absolute atomic E-state index is 14.0. The molecule has 246 valence electrons. The Labute approximate surface area is 277 Å². The van der Waals surface area contributed by atoms with Crippen LogP contribution in [0.15, 0.2) is 66.7 Å². The highest BCUT2D eigenvalue weighted by Gasteiger charge is 2.54. The first-order chi connectivity index (χ1) is 21.7. The molecule has 5 rings (SSSR count). The highest BCUT2D eigenvalue weighted by Crippen LogP contribution is 2.37. The molecule has 2 heterocycles. The van der Waals surface area contributed by atoms with Crippen LogP contribution >= 0.6 is 12.4 Å². The second-order valence-electron chi connectivity index (χ2n) is 12.2. The smallest absolute Gasteiger partial charge is 0.251 e. The van der Waals surface area contributed by atoms with E-state index in [4.69, 9.17) is 4.74 Å². The normalized spacial score (nSPS) is 18.5. The van der Waals surface area contributed by atoms with Gasteiger partial charge in [0.05, 0.1) is 0 Å². The molecular formula is C36H45ClN4O5. The number of benzene rings is 3. The summed E-state index contributed by atoms with van der Waals surface area (Å²) >= 11 is 0. The number of unbranched alkanes of at least 4 members (excludes halogenated alkanes) is 1. The summed E-state index contributed by atoms with van der Waals surface area (Å²) in [6, 6.07) is 19.7. The largest absolute Gasteiger partial charge is 0.457 e. The highest BCUT2D eigenvalue weighted by molar-refractivity contribution is 6.00. The zero-order valence-corrected chi connectivity index (χ0v) is 27.9. The number of aryl methyl sites for hydroxylation is 2. The predicted octanol–water partition coefficient (Wildman–Crippen LogP) is 5.07. The van der Waals surface area contributed by atoms with Gasteiger partial charge in [0.25, 0.3) is 5.91 Å². The van der Waals surface area contributed by atoms with Gasteiger partial charge in [-0.25, -0.2) is 0 Å². The highest BCUT2D eigenvalue weighted by atomic mass is 35.5. The fourth-order valence-corrected chi connectivity index (χ4v) is 6.61. The molecule has 2 fully saturated rings. The Hall–Kier alpha value is -3.92. The molecule has 0 saturated carbocycles. The third kappa shape index (κ3) is 7.22. The third-order valence-corrected chi connectivity index (χ3v) is 9.24. The van der Waals surface area contributed by atoms with Gasteiger partial charge in [0.2, 0.25) is 11.8 Å². The standard InChI is InChI=1S/C36H44N4O5.ClH/c1-5-6-20-40-34(43)31(32(41)30-24(2)8-7-9-25(30)3)38-35(44)36(40)18-21-39(22-19-36)23-26-10-14-28(15-11-26)45-29-16-12-27(13-17-29)33(42)37-4;/h7-17,31-32,41H,5-6,18-23H2,1-4H3,(H,37,42)(H,38,44);1H/t31-,32-;/m1./s1. The van der Waals surface area contributed by atoms with E-state index in [0.717, 1.165) is 36.1 Å². The predicted molar refractivity (Wildman–Crippen MR) is 180 cm³/mol. The molecule has 2 saturated heterocycles.